The number of carbonyl (C=O) groups is 4. The van der Waals surface area contributed by atoms with Crippen LogP contribution in [0.4, 0.5) is 0 Å². The van der Waals surface area contributed by atoms with E-state index in [2.05, 4.69) is 5.32 Å². The van der Waals surface area contributed by atoms with Crippen molar-refractivity contribution < 1.29 is 34.2 Å². The molecule has 3 fully saturated rings. The number of likely N-dealkylation sites (tertiary alicyclic amines) is 2. The van der Waals surface area contributed by atoms with E-state index >= 15 is 0 Å². The van der Waals surface area contributed by atoms with Crippen molar-refractivity contribution in [3.63, 3.8) is 0 Å². The van der Waals surface area contributed by atoms with Crippen LogP contribution in [0.25, 0.3) is 0 Å². The number of piperidine rings is 2. The predicted octanol–water partition coefficient (Wildman–Crippen LogP) is 3.23. The van der Waals surface area contributed by atoms with Crippen molar-refractivity contribution >= 4 is 24.1 Å². The average molecular weight is 615 g/mol. The lowest BCUT2D eigenvalue weighted by molar-refractivity contribution is -0.156. The van der Waals surface area contributed by atoms with Crippen molar-refractivity contribution in [2.24, 2.45) is 17.3 Å². The first-order chi connectivity index (χ1) is 20.9. The zero-order valence-corrected chi connectivity index (χ0v) is 26.5. The van der Waals surface area contributed by atoms with Gasteiger partial charge in [-0.05, 0) is 54.9 Å². The fraction of sp³-hybridized carbons (Fsp3) is 0.697. The molecule has 11 nitrogen and oxygen atoms in total. The minimum absolute atomic E-state index is 0.0435. The quantitative estimate of drug-likeness (QED) is 0.198. The summed E-state index contributed by atoms with van der Waals surface area (Å²) in [6, 6.07) is 6.38. The molecule has 4 amide bonds. The number of aliphatic hydroxyl groups excluding tert-OH is 1. The van der Waals surface area contributed by atoms with E-state index in [9.17, 15) is 29.5 Å². The Morgan fingerprint density at radius 2 is 1.57 bits per heavy atom. The van der Waals surface area contributed by atoms with Crippen molar-refractivity contribution in [3.8, 4) is 5.75 Å². The largest absolute Gasteiger partial charge is 0.490 e. The topological polar surface area (TPSA) is 140 Å². The van der Waals surface area contributed by atoms with Gasteiger partial charge in [-0.25, -0.2) is 5.06 Å². The molecular formula is C33H50N4O7. The molecule has 11 heteroatoms. The van der Waals surface area contributed by atoms with Gasteiger partial charge in [-0.2, -0.15) is 0 Å². The van der Waals surface area contributed by atoms with Crippen molar-refractivity contribution in [2.75, 3.05) is 32.7 Å². The molecule has 3 aliphatic rings. The Morgan fingerprint density at radius 1 is 0.977 bits per heavy atom. The van der Waals surface area contributed by atoms with Gasteiger partial charge in [0.1, 0.15) is 17.9 Å². The molecule has 0 bridgehead atoms. The van der Waals surface area contributed by atoms with E-state index in [0.717, 1.165) is 25.7 Å². The van der Waals surface area contributed by atoms with Gasteiger partial charge in [0.25, 0.3) is 5.91 Å². The maximum Gasteiger partial charge on any atom is 0.253 e. The highest BCUT2D eigenvalue weighted by molar-refractivity contribution is 5.94. The molecule has 2 saturated heterocycles. The number of hydrogen-bond donors (Lipinski definition) is 3. The Balaban J connectivity index is 1.30. The van der Waals surface area contributed by atoms with Gasteiger partial charge in [0, 0.05) is 44.6 Å². The maximum absolute atomic E-state index is 13.7. The number of hydroxylamine groups is 2. The van der Waals surface area contributed by atoms with Gasteiger partial charge < -0.3 is 25.0 Å². The van der Waals surface area contributed by atoms with E-state index in [1.807, 2.05) is 20.8 Å². The summed E-state index contributed by atoms with van der Waals surface area (Å²) in [6.45, 7) is 7.75. The number of aliphatic hydroxyl groups is 1. The van der Waals surface area contributed by atoms with E-state index < -0.39 is 17.4 Å². The summed E-state index contributed by atoms with van der Waals surface area (Å²) in [6.07, 6.45) is 7.23. The molecule has 3 N–H and O–H groups in total. The Labute approximate surface area is 260 Å². The zero-order valence-electron chi connectivity index (χ0n) is 26.5. The summed E-state index contributed by atoms with van der Waals surface area (Å²) in [5.41, 5.74) is 0.0436. The van der Waals surface area contributed by atoms with Crippen LogP contribution in [0.5, 0.6) is 5.75 Å². The molecule has 4 rings (SSSR count). The molecule has 2 atom stereocenters. The molecule has 1 aromatic rings. The molecule has 1 unspecified atom stereocenters. The normalized spacial score (nSPS) is 20.2. The molecule has 44 heavy (non-hydrogen) atoms. The zero-order chi connectivity index (χ0) is 31.9. The van der Waals surface area contributed by atoms with Crippen LogP contribution in [0.15, 0.2) is 24.3 Å². The summed E-state index contributed by atoms with van der Waals surface area (Å²) in [5, 5.41) is 23.1. The number of nitrogens with one attached hydrogen (secondary N) is 1. The Bertz CT molecular complexity index is 1120. The highest BCUT2D eigenvalue weighted by Gasteiger charge is 2.39. The second-order valence-corrected chi connectivity index (χ2v) is 13.8. The third-order valence-corrected chi connectivity index (χ3v) is 9.30. The first kappa shape index (κ1) is 33.7. The Hall–Kier alpha value is -3.18. The summed E-state index contributed by atoms with van der Waals surface area (Å²) in [4.78, 5) is 54.6. The van der Waals surface area contributed by atoms with Crippen LogP contribution in [0.2, 0.25) is 0 Å². The standard InChI is InChI=1S/C33H50N4O7/c1-33(2,3)29(34-30(40)25(21-37(43)22-38)20-23-6-4-5-7-23)32(42)36-18-14-28(15-19-36)44-27-10-8-24(9-11-27)31(41)35-16-12-26(39)13-17-35/h8-11,22-23,25-26,28-29,39,43H,4-7,12-21H2,1-3H3,(H,34,40)/t25-,29?/m1/s1. The lowest BCUT2D eigenvalue weighted by Gasteiger charge is -2.39. The van der Waals surface area contributed by atoms with Gasteiger partial charge in [0.2, 0.25) is 18.2 Å². The van der Waals surface area contributed by atoms with Crippen molar-refractivity contribution in [1.82, 2.24) is 20.2 Å². The third kappa shape index (κ3) is 9.17. The number of hydrogen-bond acceptors (Lipinski definition) is 7. The number of benzene rings is 1. The first-order valence-corrected chi connectivity index (χ1v) is 16.2. The van der Waals surface area contributed by atoms with Crippen LogP contribution in [0.3, 0.4) is 0 Å². The van der Waals surface area contributed by atoms with Gasteiger partial charge in [-0.1, -0.05) is 46.5 Å². The van der Waals surface area contributed by atoms with E-state index in [4.69, 9.17) is 4.74 Å². The molecule has 244 valence electrons. The van der Waals surface area contributed by atoms with Gasteiger partial charge in [-0.3, -0.25) is 24.4 Å². The second-order valence-electron chi connectivity index (χ2n) is 13.8. The van der Waals surface area contributed by atoms with Crippen molar-refractivity contribution in [3.05, 3.63) is 29.8 Å². The van der Waals surface area contributed by atoms with Gasteiger partial charge in [0.15, 0.2) is 0 Å². The molecule has 0 spiro atoms. The van der Waals surface area contributed by atoms with Crippen LogP contribution >= 0.6 is 0 Å². The molecule has 1 aliphatic carbocycles. The van der Waals surface area contributed by atoms with Crippen molar-refractivity contribution in [1.29, 1.82) is 0 Å². The minimum Gasteiger partial charge on any atom is -0.490 e. The van der Waals surface area contributed by atoms with Gasteiger partial charge in [0.05, 0.1) is 18.6 Å². The van der Waals surface area contributed by atoms with E-state index in [1.54, 1.807) is 34.1 Å². The lowest BCUT2D eigenvalue weighted by atomic mass is 9.84. The molecular weight excluding hydrogens is 564 g/mol. The van der Waals surface area contributed by atoms with E-state index in [1.165, 1.54) is 0 Å². The summed E-state index contributed by atoms with van der Waals surface area (Å²) < 4.78 is 6.19. The van der Waals surface area contributed by atoms with Gasteiger partial charge >= 0.3 is 0 Å². The third-order valence-electron chi connectivity index (χ3n) is 9.30. The number of rotatable bonds is 11. The monoisotopic (exact) mass is 614 g/mol. The fourth-order valence-corrected chi connectivity index (χ4v) is 6.59. The number of nitrogens with zero attached hydrogens (tertiary/aromatic N) is 3. The highest BCUT2D eigenvalue weighted by Crippen LogP contribution is 2.31. The number of carbonyl (C=O) groups excluding carboxylic acids is 4. The average Bonchev–Trinajstić information content (AvgIpc) is 3.52. The van der Waals surface area contributed by atoms with Crippen LogP contribution in [0, 0.1) is 17.3 Å². The molecule has 0 radical (unpaired) electrons. The Morgan fingerprint density at radius 3 is 2.14 bits per heavy atom. The maximum atomic E-state index is 13.7. The van der Waals surface area contributed by atoms with Crippen molar-refractivity contribution in [2.45, 2.75) is 96.8 Å². The summed E-state index contributed by atoms with van der Waals surface area (Å²) in [7, 11) is 0. The Kier molecular flexibility index (Phi) is 11.6. The summed E-state index contributed by atoms with van der Waals surface area (Å²) >= 11 is 0. The molecule has 1 aromatic carbocycles. The number of amides is 4. The van der Waals surface area contributed by atoms with Gasteiger partial charge in [-0.15, -0.1) is 0 Å². The van der Waals surface area contributed by atoms with Crippen LogP contribution < -0.4 is 10.1 Å². The van der Waals surface area contributed by atoms with E-state index in [0.29, 0.717) is 87.0 Å². The highest BCUT2D eigenvalue weighted by atomic mass is 16.5. The second kappa shape index (κ2) is 15.2. The first-order valence-electron chi connectivity index (χ1n) is 16.2. The SMILES string of the molecule is CC(C)(C)C(NC(=O)[C@H](CC1CCCC1)CN(O)C=O)C(=O)N1CCC(Oc2ccc(C(=O)N3CCC(O)CC3)cc2)CC1. The number of ether oxygens (including phenoxy) is 1. The minimum atomic E-state index is -0.754. The van der Waals surface area contributed by atoms with Crippen LogP contribution in [-0.2, 0) is 14.4 Å². The fourth-order valence-electron chi connectivity index (χ4n) is 6.59. The molecule has 1 saturated carbocycles. The lowest BCUT2D eigenvalue weighted by Crippen LogP contribution is -2.58. The predicted molar refractivity (Wildman–Crippen MR) is 164 cm³/mol. The summed E-state index contributed by atoms with van der Waals surface area (Å²) in [5.74, 6) is -0.0633. The molecule has 2 heterocycles. The van der Waals surface area contributed by atoms with E-state index in [-0.39, 0.29) is 36.5 Å². The smallest absolute Gasteiger partial charge is 0.253 e. The van der Waals surface area contributed by atoms with Crippen LogP contribution in [-0.4, -0.2) is 100 Å². The molecule has 2 aliphatic heterocycles. The molecule has 0 aromatic heterocycles. The van der Waals surface area contributed by atoms with Crippen LogP contribution in [0.1, 0.15) is 88.9 Å².